The third-order valence-electron chi connectivity index (χ3n) is 6.19. The van der Waals surface area contributed by atoms with E-state index in [-0.39, 0.29) is 40.4 Å². The van der Waals surface area contributed by atoms with Crippen LogP contribution in [0.3, 0.4) is 0 Å². The molecule has 0 aliphatic heterocycles. The predicted molar refractivity (Wildman–Crippen MR) is 155 cm³/mol. The van der Waals surface area contributed by atoms with Gasteiger partial charge in [-0.25, -0.2) is 13.2 Å². The molecule has 0 atom stereocenters. The van der Waals surface area contributed by atoms with Crippen molar-refractivity contribution in [2.75, 3.05) is 25.6 Å². The van der Waals surface area contributed by atoms with Crippen LogP contribution in [0.2, 0.25) is 10.0 Å². The maximum Gasteiger partial charge on any atom is 0.337 e. The minimum atomic E-state index is -4.02. The molecule has 216 valence electrons. The van der Waals surface area contributed by atoms with Gasteiger partial charge in [0.2, 0.25) is 11.8 Å². The SMILES string of the molecule is COC(=O)c1ccc(S(=O)(=O)N(C)c2ccc(OCc3c(-c4c(Cl)cccc4Cl)noc3C(C)C)nc2OC)cc1. The molecule has 0 saturated heterocycles. The summed E-state index contributed by atoms with van der Waals surface area (Å²) in [5, 5.41) is 5.05. The Balaban J connectivity index is 1.61. The first kappa shape index (κ1) is 30.2. The van der Waals surface area contributed by atoms with E-state index in [2.05, 4.69) is 14.9 Å². The van der Waals surface area contributed by atoms with E-state index in [9.17, 15) is 13.2 Å². The molecule has 0 unspecified atom stereocenters. The van der Waals surface area contributed by atoms with Gasteiger partial charge in [0.1, 0.15) is 23.7 Å². The molecule has 0 fully saturated rings. The van der Waals surface area contributed by atoms with Gasteiger partial charge < -0.3 is 18.7 Å². The van der Waals surface area contributed by atoms with E-state index in [0.29, 0.717) is 32.6 Å². The fourth-order valence-electron chi connectivity index (χ4n) is 4.04. The molecule has 0 bridgehead atoms. The summed E-state index contributed by atoms with van der Waals surface area (Å²) in [6, 6.07) is 13.6. The first-order chi connectivity index (χ1) is 19.5. The van der Waals surface area contributed by atoms with Gasteiger partial charge in [-0.05, 0) is 42.5 Å². The van der Waals surface area contributed by atoms with Crippen molar-refractivity contribution in [1.29, 1.82) is 0 Å². The summed E-state index contributed by atoms with van der Waals surface area (Å²) < 4.78 is 49.3. The Morgan fingerprint density at radius 1 is 1.02 bits per heavy atom. The Morgan fingerprint density at radius 3 is 2.27 bits per heavy atom. The van der Waals surface area contributed by atoms with Crippen molar-refractivity contribution in [1.82, 2.24) is 10.1 Å². The van der Waals surface area contributed by atoms with Crippen LogP contribution in [0.25, 0.3) is 11.3 Å². The molecule has 0 aliphatic carbocycles. The van der Waals surface area contributed by atoms with Crippen molar-refractivity contribution in [3.05, 3.63) is 81.5 Å². The summed E-state index contributed by atoms with van der Waals surface area (Å²) >= 11 is 12.9. The Hall–Kier alpha value is -3.80. The third-order valence-corrected chi connectivity index (χ3v) is 8.60. The molecule has 0 aliphatic rings. The highest BCUT2D eigenvalue weighted by molar-refractivity contribution is 7.92. The average molecular weight is 621 g/mol. The third kappa shape index (κ3) is 6.12. The maximum absolute atomic E-state index is 13.3. The number of halogens is 2. The number of nitrogens with zero attached hydrogens (tertiary/aromatic N) is 3. The van der Waals surface area contributed by atoms with Crippen molar-refractivity contribution >= 4 is 44.9 Å². The number of anilines is 1. The second-order valence-electron chi connectivity index (χ2n) is 9.08. The normalized spacial score (nSPS) is 11.4. The number of ether oxygens (including phenoxy) is 3. The molecule has 0 radical (unpaired) electrons. The smallest absolute Gasteiger partial charge is 0.337 e. The summed E-state index contributed by atoms with van der Waals surface area (Å²) in [5.74, 6) is 0.206. The minimum Gasteiger partial charge on any atom is -0.479 e. The van der Waals surface area contributed by atoms with Crippen LogP contribution in [0.4, 0.5) is 5.69 Å². The van der Waals surface area contributed by atoms with Crippen molar-refractivity contribution in [3.8, 4) is 23.0 Å². The van der Waals surface area contributed by atoms with Gasteiger partial charge in [0.25, 0.3) is 10.0 Å². The van der Waals surface area contributed by atoms with Gasteiger partial charge >= 0.3 is 5.97 Å². The lowest BCUT2D eigenvalue weighted by atomic mass is 10.0. The number of sulfonamides is 1. The lowest BCUT2D eigenvalue weighted by Gasteiger charge is -2.21. The van der Waals surface area contributed by atoms with E-state index in [1.165, 1.54) is 57.7 Å². The summed E-state index contributed by atoms with van der Waals surface area (Å²) in [6.07, 6.45) is 0. The molecular formula is C28H27Cl2N3O7S. The molecule has 0 spiro atoms. The monoisotopic (exact) mass is 619 g/mol. The van der Waals surface area contributed by atoms with E-state index in [0.717, 1.165) is 4.31 Å². The molecule has 13 heteroatoms. The van der Waals surface area contributed by atoms with E-state index in [4.69, 9.17) is 37.2 Å². The molecule has 2 aromatic heterocycles. The van der Waals surface area contributed by atoms with Gasteiger partial charge in [0, 0.05) is 24.6 Å². The molecule has 2 heterocycles. The van der Waals surface area contributed by atoms with Gasteiger partial charge in [-0.3, -0.25) is 4.31 Å². The number of benzene rings is 2. The lowest BCUT2D eigenvalue weighted by molar-refractivity contribution is 0.0600. The van der Waals surface area contributed by atoms with Crippen molar-refractivity contribution in [3.63, 3.8) is 0 Å². The lowest BCUT2D eigenvalue weighted by Crippen LogP contribution is -2.27. The highest BCUT2D eigenvalue weighted by Gasteiger charge is 2.27. The second kappa shape index (κ2) is 12.4. The maximum atomic E-state index is 13.3. The molecular weight excluding hydrogens is 593 g/mol. The average Bonchev–Trinajstić information content (AvgIpc) is 3.38. The van der Waals surface area contributed by atoms with E-state index < -0.39 is 16.0 Å². The molecule has 0 saturated carbocycles. The zero-order chi connectivity index (χ0) is 29.9. The van der Waals surface area contributed by atoms with Gasteiger partial charge in [-0.2, -0.15) is 4.98 Å². The molecule has 0 N–H and O–H groups in total. The molecule has 0 amide bonds. The molecule has 2 aromatic carbocycles. The number of pyridine rings is 1. The molecule has 4 aromatic rings. The van der Waals surface area contributed by atoms with Crippen LogP contribution in [0, 0.1) is 0 Å². The number of carbonyl (C=O) groups excluding carboxylic acids is 1. The summed E-state index contributed by atoms with van der Waals surface area (Å²) in [5.41, 5.74) is 2.03. The van der Waals surface area contributed by atoms with Crippen LogP contribution in [0.15, 0.2) is 64.0 Å². The minimum absolute atomic E-state index is 0.0125. The van der Waals surface area contributed by atoms with Crippen molar-refractivity contribution < 1.29 is 31.9 Å². The Bertz CT molecular complexity index is 1650. The number of aromatic nitrogens is 2. The Labute approximate surface area is 247 Å². The highest BCUT2D eigenvalue weighted by Crippen LogP contribution is 2.39. The van der Waals surface area contributed by atoms with Crippen LogP contribution in [-0.2, 0) is 21.4 Å². The molecule has 10 nitrogen and oxygen atoms in total. The summed E-state index contributed by atoms with van der Waals surface area (Å²) in [4.78, 5) is 16.0. The fraction of sp³-hybridized carbons (Fsp3) is 0.250. The zero-order valence-electron chi connectivity index (χ0n) is 22.8. The standard InChI is InChI=1S/C28H27Cl2N3O7S/c1-16(2)26-19(25(32-40-26)24-20(29)7-6-8-21(24)30)15-39-23-14-13-22(27(31-23)37-4)33(3)41(35,36)18-11-9-17(10-12-18)28(34)38-5/h6-14,16H,15H2,1-5H3. The van der Waals surface area contributed by atoms with Crippen LogP contribution in [0.1, 0.15) is 41.4 Å². The largest absolute Gasteiger partial charge is 0.479 e. The fourth-order valence-corrected chi connectivity index (χ4v) is 5.81. The number of rotatable bonds is 10. The Kier molecular flexibility index (Phi) is 9.11. The predicted octanol–water partition coefficient (Wildman–Crippen LogP) is 6.37. The van der Waals surface area contributed by atoms with Gasteiger partial charge in [0.05, 0.1) is 40.3 Å². The van der Waals surface area contributed by atoms with Crippen LogP contribution < -0.4 is 13.8 Å². The molecule has 41 heavy (non-hydrogen) atoms. The van der Waals surface area contributed by atoms with E-state index >= 15 is 0 Å². The number of carbonyl (C=O) groups is 1. The quantitative estimate of drug-likeness (QED) is 0.186. The number of esters is 1. The number of methoxy groups -OCH3 is 2. The van der Waals surface area contributed by atoms with Gasteiger partial charge in [-0.1, -0.05) is 48.3 Å². The van der Waals surface area contributed by atoms with Crippen LogP contribution in [0.5, 0.6) is 11.8 Å². The highest BCUT2D eigenvalue weighted by atomic mass is 35.5. The number of hydrogen-bond donors (Lipinski definition) is 0. The van der Waals surface area contributed by atoms with Gasteiger partial charge in [-0.15, -0.1) is 0 Å². The van der Waals surface area contributed by atoms with Gasteiger partial charge in [0.15, 0.2) is 0 Å². The van der Waals surface area contributed by atoms with E-state index in [1.54, 1.807) is 18.2 Å². The summed E-state index contributed by atoms with van der Waals surface area (Å²) in [7, 11) is -0.0321. The van der Waals surface area contributed by atoms with Crippen molar-refractivity contribution in [2.45, 2.75) is 31.3 Å². The number of hydrogen-bond acceptors (Lipinski definition) is 9. The van der Waals surface area contributed by atoms with Crippen LogP contribution >= 0.6 is 23.2 Å². The molecule has 4 rings (SSSR count). The first-order valence-electron chi connectivity index (χ1n) is 12.3. The van der Waals surface area contributed by atoms with E-state index in [1.807, 2.05) is 13.8 Å². The zero-order valence-corrected chi connectivity index (χ0v) is 25.2. The summed E-state index contributed by atoms with van der Waals surface area (Å²) in [6.45, 7) is 3.93. The second-order valence-corrected chi connectivity index (χ2v) is 11.9. The Morgan fingerprint density at radius 2 is 1.68 bits per heavy atom. The first-order valence-corrected chi connectivity index (χ1v) is 14.5. The van der Waals surface area contributed by atoms with Crippen molar-refractivity contribution in [2.24, 2.45) is 0 Å². The van der Waals surface area contributed by atoms with Crippen LogP contribution in [-0.4, -0.2) is 45.8 Å². The topological polar surface area (TPSA) is 121 Å².